The topological polar surface area (TPSA) is 92.5 Å². The SMILES string of the molecule is Cl.NCC1(NC(=O)CN2C(=O)C3CCCCC3C2=O)CCCC1. The van der Waals surface area contributed by atoms with Crippen LogP contribution in [0, 0.1) is 11.8 Å². The second-order valence-electron chi connectivity index (χ2n) is 7.00. The molecule has 3 fully saturated rings. The molecule has 0 aromatic rings. The van der Waals surface area contributed by atoms with Gasteiger partial charge in [0, 0.05) is 6.54 Å². The molecule has 3 amide bonds. The summed E-state index contributed by atoms with van der Waals surface area (Å²) in [6, 6.07) is 0. The number of hydrogen-bond donors (Lipinski definition) is 2. The van der Waals surface area contributed by atoms with Gasteiger partial charge in [-0.2, -0.15) is 0 Å². The zero-order valence-corrected chi connectivity index (χ0v) is 14.2. The third-order valence-electron chi connectivity index (χ3n) is 5.59. The summed E-state index contributed by atoms with van der Waals surface area (Å²) in [4.78, 5) is 38.2. The molecular formula is C16H26ClN3O3. The molecular weight excluding hydrogens is 318 g/mol. The van der Waals surface area contributed by atoms with Crippen LogP contribution in [0.1, 0.15) is 51.4 Å². The second kappa shape index (κ2) is 7.18. The normalized spacial score (nSPS) is 29.2. The average molecular weight is 344 g/mol. The van der Waals surface area contributed by atoms with Crippen molar-refractivity contribution in [3.63, 3.8) is 0 Å². The van der Waals surface area contributed by atoms with E-state index < -0.39 is 0 Å². The average Bonchev–Trinajstić information content (AvgIpc) is 3.08. The number of nitrogens with zero attached hydrogens (tertiary/aromatic N) is 1. The van der Waals surface area contributed by atoms with Gasteiger partial charge in [0.05, 0.1) is 17.4 Å². The smallest absolute Gasteiger partial charge is 0.240 e. The highest BCUT2D eigenvalue weighted by Crippen LogP contribution is 2.38. The monoisotopic (exact) mass is 343 g/mol. The molecule has 2 saturated carbocycles. The molecule has 2 aliphatic carbocycles. The molecule has 2 unspecified atom stereocenters. The number of hydrogen-bond acceptors (Lipinski definition) is 4. The maximum Gasteiger partial charge on any atom is 0.240 e. The minimum atomic E-state index is -0.338. The van der Waals surface area contributed by atoms with Crippen LogP contribution in [0.15, 0.2) is 0 Å². The van der Waals surface area contributed by atoms with Crippen molar-refractivity contribution in [2.45, 2.75) is 56.9 Å². The summed E-state index contributed by atoms with van der Waals surface area (Å²) in [5, 5.41) is 2.98. The standard InChI is InChI=1S/C16H25N3O3.ClH/c17-10-16(7-3-4-8-16)18-13(20)9-19-14(21)11-5-1-2-6-12(11)15(19)22;/h11-12H,1-10,17H2,(H,18,20);1H. The first-order valence-corrected chi connectivity index (χ1v) is 8.43. The van der Waals surface area contributed by atoms with Gasteiger partial charge in [-0.1, -0.05) is 25.7 Å². The Bertz CT molecular complexity index is 467. The van der Waals surface area contributed by atoms with Gasteiger partial charge in [0.25, 0.3) is 0 Å². The van der Waals surface area contributed by atoms with E-state index >= 15 is 0 Å². The predicted molar refractivity (Wildman–Crippen MR) is 87.8 cm³/mol. The summed E-state index contributed by atoms with van der Waals surface area (Å²) < 4.78 is 0. The predicted octanol–water partition coefficient (Wildman–Crippen LogP) is 0.971. The van der Waals surface area contributed by atoms with Crippen LogP contribution in [-0.2, 0) is 14.4 Å². The van der Waals surface area contributed by atoms with E-state index in [9.17, 15) is 14.4 Å². The fourth-order valence-corrected chi connectivity index (χ4v) is 4.30. The molecule has 1 heterocycles. The Hall–Kier alpha value is -1.14. The van der Waals surface area contributed by atoms with Crippen LogP contribution in [0.4, 0.5) is 0 Å². The van der Waals surface area contributed by atoms with Crippen molar-refractivity contribution in [3.05, 3.63) is 0 Å². The highest BCUT2D eigenvalue weighted by molar-refractivity contribution is 6.07. The van der Waals surface area contributed by atoms with Crippen LogP contribution < -0.4 is 11.1 Å². The van der Waals surface area contributed by atoms with E-state index in [1.807, 2.05) is 0 Å². The van der Waals surface area contributed by atoms with E-state index in [-0.39, 0.29) is 54.0 Å². The number of halogens is 1. The minimum Gasteiger partial charge on any atom is -0.348 e. The van der Waals surface area contributed by atoms with Crippen molar-refractivity contribution in [2.75, 3.05) is 13.1 Å². The van der Waals surface area contributed by atoms with Gasteiger partial charge in [0.1, 0.15) is 6.54 Å². The largest absolute Gasteiger partial charge is 0.348 e. The molecule has 0 aromatic carbocycles. The summed E-state index contributed by atoms with van der Waals surface area (Å²) in [5.41, 5.74) is 5.48. The van der Waals surface area contributed by atoms with Crippen molar-refractivity contribution in [1.29, 1.82) is 0 Å². The van der Waals surface area contributed by atoms with Gasteiger partial charge in [-0.3, -0.25) is 19.3 Å². The third-order valence-corrected chi connectivity index (χ3v) is 5.59. The van der Waals surface area contributed by atoms with Gasteiger partial charge in [0.15, 0.2) is 0 Å². The molecule has 1 aliphatic heterocycles. The maximum atomic E-state index is 12.4. The summed E-state index contributed by atoms with van der Waals surface area (Å²) in [6.07, 6.45) is 7.42. The third kappa shape index (κ3) is 3.38. The molecule has 0 aromatic heterocycles. The van der Waals surface area contributed by atoms with E-state index in [4.69, 9.17) is 5.73 Å². The van der Waals surface area contributed by atoms with Crippen LogP contribution in [0.3, 0.4) is 0 Å². The molecule has 7 heteroatoms. The number of fused-ring (bicyclic) bond motifs is 1. The fourth-order valence-electron chi connectivity index (χ4n) is 4.30. The number of amides is 3. The van der Waals surface area contributed by atoms with Gasteiger partial charge in [-0.05, 0) is 25.7 Å². The highest BCUT2D eigenvalue weighted by atomic mass is 35.5. The molecule has 3 rings (SSSR count). The number of nitrogens with one attached hydrogen (secondary N) is 1. The Balaban J connectivity index is 0.00000192. The van der Waals surface area contributed by atoms with E-state index in [2.05, 4.69) is 5.32 Å². The summed E-state index contributed by atoms with van der Waals surface area (Å²) >= 11 is 0. The lowest BCUT2D eigenvalue weighted by Crippen LogP contribution is -2.54. The Morgan fingerprint density at radius 3 is 2.09 bits per heavy atom. The lowest BCUT2D eigenvalue weighted by molar-refractivity contribution is -0.144. The highest BCUT2D eigenvalue weighted by Gasteiger charge is 2.48. The number of likely N-dealkylation sites (tertiary alicyclic amines) is 1. The Morgan fingerprint density at radius 1 is 1.09 bits per heavy atom. The molecule has 0 spiro atoms. The molecule has 2 atom stereocenters. The molecule has 0 bridgehead atoms. The molecule has 23 heavy (non-hydrogen) atoms. The number of nitrogens with two attached hydrogens (primary N) is 1. The fraction of sp³-hybridized carbons (Fsp3) is 0.812. The molecule has 0 radical (unpaired) electrons. The maximum absolute atomic E-state index is 12.4. The number of imide groups is 1. The van der Waals surface area contributed by atoms with Gasteiger partial charge in [0.2, 0.25) is 17.7 Å². The van der Waals surface area contributed by atoms with Crippen LogP contribution in [-0.4, -0.2) is 41.2 Å². The zero-order chi connectivity index (χ0) is 15.7. The van der Waals surface area contributed by atoms with Crippen molar-refractivity contribution < 1.29 is 14.4 Å². The van der Waals surface area contributed by atoms with Gasteiger partial charge in [-0.15, -0.1) is 12.4 Å². The van der Waals surface area contributed by atoms with Crippen molar-refractivity contribution in [3.8, 4) is 0 Å². The van der Waals surface area contributed by atoms with E-state index in [0.29, 0.717) is 6.54 Å². The van der Waals surface area contributed by atoms with E-state index in [0.717, 1.165) is 51.4 Å². The Labute approximate surface area is 142 Å². The van der Waals surface area contributed by atoms with Crippen molar-refractivity contribution in [1.82, 2.24) is 10.2 Å². The Kier molecular flexibility index (Phi) is 5.68. The van der Waals surface area contributed by atoms with Crippen LogP contribution in [0.5, 0.6) is 0 Å². The molecule has 6 nitrogen and oxygen atoms in total. The first-order chi connectivity index (χ1) is 10.6. The summed E-state index contributed by atoms with van der Waals surface area (Å²) in [7, 11) is 0. The quantitative estimate of drug-likeness (QED) is 0.744. The van der Waals surface area contributed by atoms with E-state index in [1.165, 1.54) is 4.90 Å². The molecule has 130 valence electrons. The van der Waals surface area contributed by atoms with E-state index in [1.54, 1.807) is 0 Å². The van der Waals surface area contributed by atoms with Gasteiger partial charge >= 0.3 is 0 Å². The van der Waals surface area contributed by atoms with Crippen molar-refractivity contribution in [2.24, 2.45) is 17.6 Å². The first kappa shape index (κ1) is 18.2. The summed E-state index contributed by atoms with van der Waals surface area (Å²) in [5.74, 6) is -0.947. The van der Waals surface area contributed by atoms with Gasteiger partial charge in [-0.25, -0.2) is 0 Å². The lowest BCUT2D eigenvalue weighted by atomic mass is 9.81. The minimum absolute atomic E-state index is 0. The van der Waals surface area contributed by atoms with Crippen LogP contribution in [0.2, 0.25) is 0 Å². The second-order valence-corrected chi connectivity index (χ2v) is 7.00. The van der Waals surface area contributed by atoms with Crippen LogP contribution >= 0.6 is 12.4 Å². The molecule has 3 aliphatic rings. The Morgan fingerprint density at radius 2 is 1.61 bits per heavy atom. The first-order valence-electron chi connectivity index (χ1n) is 8.43. The molecule has 1 saturated heterocycles. The zero-order valence-electron chi connectivity index (χ0n) is 13.4. The number of rotatable bonds is 4. The number of carbonyl (C=O) groups excluding carboxylic acids is 3. The van der Waals surface area contributed by atoms with Crippen LogP contribution in [0.25, 0.3) is 0 Å². The van der Waals surface area contributed by atoms with Gasteiger partial charge < -0.3 is 11.1 Å². The lowest BCUT2D eigenvalue weighted by Gasteiger charge is -2.29. The number of carbonyl (C=O) groups is 3. The molecule has 3 N–H and O–H groups in total. The summed E-state index contributed by atoms with van der Waals surface area (Å²) in [6.45, 7) is 0.262. The van der Waals surface area contributed by atoms with Crippen molar-refractivity contribution >= 4 is 30.1 Å².